The molecule has 0 unspecified atom stereocenters. The Bertz CT molecular complexity index is 451. The standard InChI is InChI=1S/C7H3BrF4N2O3/c8-2-3-6(14(15)16)4(1-5(9)13-3)17-7(10,11)12/h1H,2H2. The smallest absolute Gasteiger partial charge is 0.398 e. The Morgan fingerprint density at radius 2 is 2.12 bits per heavy atom. The molecule has 0 atom stereocenters. The van der Waals surface area contributed by atoms with Crippen LogP contribution in [0.3, 0.4) is 0 Å². The van der Waals surface area contributed by atoms with E-state index in [0.29, 0.717) is 0 Å². The highest BCUT2D eigenvalue weighted by Gasteiger charge is 2.36. The highest BCUT2D eigenvalue weighted by atomic mass is 79.9. The van der Waals surface area contributed by atoms with Crippen LogP contribution in [0, 0.1) is 16.1 Å². The molecule has 0 radical (unpaired) electrons. The van der Waals surface area contributed by atoms with E-state index in [2.05, 4.69) is 25.7 Å². The van der Waals surface area contributed by atoms with Gasteiger partial charge < -0.3 is 4.74 Å². The van der Waals surface area contributed by atoms with Crippen molar-refractivity contribution >= 4 is 21.6 Å². The fourth-order valence-corrected chi connectivity index (χ4v) is 1.41. The average molecular weight is 319 g/mol. The van der Waals surface area contributed by atoms with E-state index in [0.717, 1.165) is 0 Å². The molecule has 0 aromatic carbocycles. The van der Waals surface area contributed by atoms with E-state index < -0.39 is 34.4 Å². The molecule has 1 aromatic rings. The second kappa shape index (κ2) is 4.82. The Balaban J connectivity index is 3.35. The van der Waals surface area contributed by atoms with E-state index in [1.165, 1.54) is 0 Å². The second-order valence-corrected chi connectivity index (χ2v) is 3.24. The van der Waals surface area contributed by atoms with Crippen LogP contribution < -0.4 is 4.74 Å². The van der Waals surface area contributed by atoms with E-state index in [1.807, 2.05) is 0 Å². The first kappa shape index (κ1) is 13.6. The van der Waals surface area contributed by atoms with E-state index >= 15 is 0 Å². The van der Waals surface area contributed by atoms with Gasteiger partial charge in [-0.05, 0) is 0 Å². The van der Waals surface area contributed by atoms with Crippen molar-refractivity contribution < 1.29 is 27.2 Å². The fourth-order valence-electron chi connectivity index (χ4n) is 1.02. The van der Waals surface area contributed by atoms with Gasteiger partial charge in [0.25, 0.3) is 0 Å². The van der Waals surface area contributed by atoms with Gasteiger partial charge in [-0.25, -0.2) is 4.98 Å². The first-order chi connectivity index (χ1) is 7.74. The van der Waals surface area contributed by atoms with Crippen LogP contribution in [0.25, 0.3) is 0 Å². The third kappa shape index (κ3) is 3.51. The molecule has 1 aromatic heterocycles. The van der Waals surface area contributed by atoms with Gasteiger partial charge >= 0.3 is 12.0 Å². The van der Waals surface area contributed by atoms with Crippen LogP contribution in [-0.2, 0) is 5.33 Å². The van der Waals surface area contributed by atoms with Gasteiger partial charge in [0.2, 0.25) is 11.7 Å². The summed E-state index contributed by atoms with van der Waals surface area (Å²) in [5.74, 6) is -2.53. The number of pyridine rings is 1. The largest absolute Gasteiger partial charge is 0.573 e. The first-order valence-corrected chi connectivity index (χ1v) is 5.02. The molecule has 0 N–H and O–H groups in total. The zero-order valence-corrected chi connectivity index (χ0v) is 9.38. The van der Waals surface area contributed by atoms with Gasteiger partial charge in [-0.3, -0.25) is 10.1 Å². The van der Waals surface area contributed by atoms with Crippen LogP contribution in [0.2, 0.25) is 0 Å². The van der Waals surface area contributed by atoms with Crippen LogP contribution in [0.15, 0.2) is 6.07 Å². The van der Waals surface area contributed by atoms with Gasteiger partial charge in [0.15, 0.2) is 0 Å². The van der Waals surface area contributed by atoms with Crippen molar-refractivity contribution in [2.24, 2.45) is 0 Å². The Labute approximate surface area is 99.7 Å². The number of rotatable bonds is 3. The minimum atomic E-state index is -5.15. The third-order valence-electron chi connectivity index (χ3n) is 1.53. The number of ether oxygens (including phenoxy) is 1. The van der Waals surface area contributed by atoms with Gasteiger partial charge in [0, 0.05) is 6.07 Å². The number of hydrogen-bond acceptors (Lipinski definition) is 4. The van der Waals surface area contributed by atoms with Crippen LogP contribution in [0.4, 0.5) is 23.2 Å². The van der Waals surface area contributed by atoms with E-state index in [9.17, 15) is 27.7 Å². The van der Waals surface area contributed by atoms with Crippen LogP contribution in [0.5, 0.6) is 5.75 Å². The van der Waals surface area contributed by atoms with Crippen molar-refractivity contribution in [2.45, 2.75) is 11.7 Å². The molecule has 17 heavy (non-hydrogen) atoms. The minimum absolute atomic E-state index is 0.206. The Kier molecular flexibility index (Phi) is 3.86. The quantitative estimate of drug-likeness (QED) is 0.282. The van der Waals surface area contributed by atoms with E-state index in [-0.39, 0.29) is 11.4 Å². The van der Waals surface area contributed by atoms with Gasteiger partial charge in [0.05, 0.1) is 10.3 Å². The summed E-state index contributed by atoms with van der Waals surface area (Å²) < 4.78 is 52.1. The highest BCUT2D eigenvalue weighted by Crippen LogP contribution is 2.35. The summed E-state index contributed by atoms with van der Waals surface area (Å²) in [5.41, 5.74) is -1.52. The SMILES string of the molecule is O=[N+]([O-])c1c(OC(F)(F)F)cc(F)nc1CBr. The molecule has 0 aliphatic carbocycles. The molecule has 94 valence electrons. The van der Waals surface area contributed by atoms with Gasteiger partial charge in [-0.1, -0.05) is 15.9 Å². The highest BCUT2D eigenvalue weighted by molar-refractivity contribution is 9.08. The average Bonchev–Trinajstić information content (AvgIpc) is 2.12. The second-order valence-electron chi connectivity index (χ2n) is 2.68. The van der Waals surface area contributed by atoms with Crippen molar-refractivity contribution in [3.05, 3.63) is 27.8 Å². The summed E-state index contributed by atoms with van der Waals surface area (Å²) >= 11 is 2.75. The van der Waals surface area contributed by atoms with Gasteiger partial charge in [0.1, 0.15) is 5.69 Å². The number of nitro groups is 1. The van der Waals surface area contributed by atoms with Gasteiger partial charge in [-0.2, -0.15) is 4.39 Å². The van der Waals surface area contributed by atoms with Crippen molar-refractivity contribution in [1.29, 1.82) is 0 Å². The molecule has 0 spiro atoms. The third-order valence-corrected chi connectivity index (χ3v) is 2.06. The molecular weight excluding hydrogens is 316 g/mol. The monoisotopic (exact) mass is 318 g/mol. The lowest BCUT2D eigenvalue weighted by Gasteiger charge is -2.10. The van der Waals surface area contributed by atoms with Crippen molar-refractivity contribution in [3.8, 4) is 5.75 Å². The first-order valence-electron chi connectivity index (χ1n) is 3.90. The Morgan fingerprint density at radius 1 is 1.53 bits per heavy atom. The molecule has 0 fully saturated rings. The molecule has 0 saturated heterocycles. The summed E-state index contributed by atoms with van der Waals surface area (Å²) in [7, 11) is 0. The van der Waals surface area contributed by atoms with Crippen molar-refractivity contribution in [1.82, 2.24) is 4.98 Å². The van der Waals surface area contributed by atoms with E-state index in [4.69, 9.17) is 0 Å². The number of aromatic nitrogens is 1. The molecule has 0 saturated carbocycles. The Morgan fingerprint density at radius 3 is 2.53 bits per heavy atom. The van der Waals surface area contributed by atoms with Crippen LogP contribution in [-0.4, -0.2) is 16.3 Å². The van der Waals surface area contributed by atoms with Crippen molar-refractivity contribution in [3.63, 3.8) is 0 Å². The number of alkyl halides is 4. The molecule has 0 aliphatic rings. The van der Waals surface area contributed by atoms with Crippen LogP contribution in [0.1, 0.15) is 5.69 Å². The zero-order valence-electron chi connectivity index (χ0n) is 7.79. The zero-order chi connectivity index (χ0) is 13.2. The minimum Gasteiger partial charge on any atom is -0.398 e. The summed E-state index contributed by atoms with van der Waals surface area (Å²) in [6, 6.07) is 0.206. The molecule has 5 nitrogen and oxygen atoms in total. The maximum absolute atomic E-state index is 12.8. The normalized spacial score (nSPS) is 11.4. The predicted molar refractivity (Wildman–Crippen MR) is 50.2 cm³/mol. The lowest BCUT2D eigenvalue weighted by molar-refractivity contribution is -0.389. The predicted octanol–water partition coefficient (Wildman–Crippen LogP) is 2.92. The number of halogens is 5. The maximum atomic E-state index is 12.8. The topological polar surface area (TPSA) is 65.3 Å². The molecule has 1 rings (SSSR count). The fraction of sp³-hybridized carbons (Fsp3) is 0.286. The maximum Gasteiger partial charge on any atom is 0.573 e. The summed E-state index contributed by atoms with van der Waals surface area (Å²) in [4.78, 5) is 12.6. The molecule has 0 aliphatic heterocycles. The molecule has 0 amide bonds. The molecule has 0 bridgehead atoms. The molecule has 1 heterocycles. The molecular formula is C7H3BrF4N2O3. The Hall–Kier alpha value is -1.45. The van der Waals surface area contributed by atoms with Crippen LogP contribution >= 0.6 is 15.9 Å². The van der Waals surface area contributed by atoms with Gasteiger partial charge in [-0.15, -0.1) is 13.2 Å². The van der Waals surface area contributed by atoms with Crippen molar-refractivity contribution in [2.75, 3.05) is 0 Å². The lowest BCUT2D eigenvalue weighted by atomic mass is 10.3. The summed E-state index contributed by atoms with van der Waals surface area (Å²) in [5, 5.41) is 10.3. The summed E-state index contributed by atoms with van der Waals surface area (Å²) in [6.07, 6.45) is -5.15. The molecule has 10 heteroatoms. The summed E-state index contributed by atoms with van der Waals surface area (Å²) in [6.45, 7) is 0. The number of nitrogens with zero attached hydrogens (tertiary/aromatic N) is 2. The number of hydrogen-bond donors (Lipinski definition) is 0. The van der Waals surface area contributed by atoms with E-state index in [1.54, 1.807) is 0 Å². The lowest BCUT2D eigenvalue weighted by Crippen LogP contribution is -2.18.